The minimum atomic E-state index is -1.30. The smallest absolute Gasteiger partial charge is 0.253 e. The van der Waals surface area contributed by atoms with Crippen molar-refractivity contribution in [3.8, 4) is 0 Å². The number of pyridine rings is 1. The molecule has 2 amide bonds. The summed E-state index contributed by atoms with van der Waals surface area (Å²) in [4.78, 5) is 42.9. The van der Waals surface area contributed by atoms with Crippen molar-refractivity contribution in [2.45, 2.75) is 44.2 Å². The summed E-state index contributed by atoms with van der Waals surface area (Å²) in [6.07, 6.45) is 2.33. The van der Waals surface area contributed by atoms with Gasteiger partial charge in [0.2, 0.25) is 11.9 Å². The molecule has 1 aliphatic heterocycles. The Morgan fingerprint density at radius 3 is 2.49 bits per heavy atom. The Kier molecular flexibility index (Phi) is 7.11. The van der Waals surface area contributed by atoms with E-state index in [4.69, 9.17) is 0 Å². The third-order valence-corrected chi connectivity index (χ3v) is 6.65. The largest absolute Gasteiger partial charge is 0.385 e. The maximum atomic E-state index is 14.4. The van der Waals surface area contributed by atoms with E-state index in [0.717, 1.165) is 25.1 Å². The first-order valence-electron chi connectivity index (χ1n) is 11.7. The van der Waals surface area contributed by atoms with E-state index in [1.165, 1.54) is 19.1 Å². The second-order valence-corrected chi connectivity index (χ2v) is 9.22. The van der Waals surface area contributed by atoms with E-state index in [0.29, 0.717) is 38.2 Å². The number of carbonyl (C=O) groups excluding carboxylic acids is 3. The number of ketones is 1. The van der Waals surface area contributed by atoms with E-state index < -0.39 is 35.1 Å². The van der Waals surface area contributed by atoms with E-state index in [9.17, 15) is 28.3 Å². The summed E-state index contributed by atoms with van der Waals surface area (Å²) in [5, 5.41) is 15.3. The molecule has 1 aromatic carbocycles. The average Bonchev–Trinajstić information content (AvgIpc) is 3.63. The Morgan fingerprint density at radius 1 is 1.17 bits per heavy atom. The lowest BCUT2D eigenvalue weighted by Crippen LogP contribution is -2.50. The normalized spacial score (nSPS) is 18.0. The average molecular weight is 487 g/mol. The highest BCUT2D eigenvalue weighted by Crippen LogP contribution is 2.36. The topological polar surface area (TPSA) is 112 Å². The molecule has 186 valence electrons. The van der Waals surface area contributed by atoms with Crippen LogP contribution in [0.4, 0.5) is 14.5 Å². The number of nitrogens with one attached hydrogen (secondary N) is 2. The molecule has 1 unspecified atom stereocenters. The number of aliphatic hydroxyl groups excluding tert-OH is 1. The van der Waals surface area contributed by atoms with Gasteiger partial charge in [-0.25, -0.2) is 9.37 Å². The molecule has 0 radical (unpaired) electrons. The number of aliphatic hydroxyl groups is 1. The van der Waals surface area contributed by atoms with E-state index in [-0.39, 0.29) is 23.0 Å². The number of Topliss-reactive ketones (excluding diaryl/α,β-unsaturated/α-hetero) is 1. The Hall–Kier alpha value is -3.40. The van der Waals surface area contributed by atoms with Crippen molar-refractivity contribution in [2.75, 3.05) is 24.5 Å². The molecule has 0 bridgehead atoms. The highest BCUT2D eigenvalue weighted by atomic mass is 19.1. The number of benzene rings is 1. The minimum Gasteiger partial charge on any atom is -0.385 e. The number of carbonyl (C=O) groups is 3. The zero-order chi connectivity index (χ0) is 25.2. The molecule has 4 rings (SSSR count). The summed E-state index contributed by atoms with van der Waals surface area (Å²) in [5.74, 6) is -2.53. The standard InChI is InChI=1S/C25H28F2N4O4/c1-15(32)22(33)21-18(26)3-2-4-19(21)31-11-7-16(8-12-31)13-29-24(35)25(9-10-25)30-23(34)17-5-6-20(27)28-14-17/h2-6,14-16,32H,7-13H2,1H3,(H,29,35)(H,30,34). The number of nitrogens with zero attached hydrogens (tertiary/aromatic N) is 2. The first-order valence-corrected chi connectivity index (χ1v) is 11.7. The number of aromatic nitrogens is 1. The van der Waals surface area contributed by atoms with Gasteiger partial charge in [-0.15, -0.1) is 0 Å². The van der Waals surface area contributed by atoms with Crippen LogP contribution in [-0.4, -0.2) is 59.0 Å². The fourth-order valence-electron chi connectivity index (χ4n) is 4.35. The maximum Gasteiger partial charge on any atom is 0.253 e. The minimum absolute atomic E-state index is 0.1000. The third-order valence-electron chi connectivity index (χ3n) is 6.65. The predicted molar refractivity (Wildman–Crippen MR) is 124 cm³/mol. The maximum absolute atomic E-state index is 14.4. The number of piperidine rings is 1. The molecule has 35 heavy (non-hydrogen) atoms. The summed E-state index contributed by atoms with van der Waals surface area (Å²) in [7, 11) is 0. The number of hydrogen-bond acceptors (Lipinski definition) is 6. The molecule has 2 aromatic rings. The first kappa shape index (κ1) is 24.7. The second kappa shape index (κ2) is 10.1. The number of hydrogen-bond donors (Lipinski definition) is 3. The van der Waals surface area contributed by atoms with Gasteiger partial charge in [-0.3, -0.25) is 14.4 Å². The predicted octanol–water partition coefficient (Wildman–Crippen LogP) is 2.22. The van der Waals surface area contributed by atoms with Gasteiger partial charge in [0.25, 0.3) is 5.91 Å². The van der Waals surface area contributed by atoms with Crippen LogP contribution in [-0.2, 0) is 4.79 Å². The van der Waals surface area contributed by atoms with Gasteiger partial charge < -0.3 is 20.6 Å². The zero-order valence-electron chi connectivity index (χ0n) is 19.4. The van der Waals surface area contributed by atoms with Gasteiger partial charge in [0, 0.05) is 25.8 Å². The van der Waals surface area contributed by atoms with E-state index in [2.05, 4.69) is 15.6 Å². The number of amides is 2. The van der Waals surface area contributed by atoms with Gasteiger partial charge in [-0.1, -0.05) is 6.07 Å². The van der Waals surface area contributed by atoms with Crippen molar-refractivity contribution in [3.05, 3.63) is 59.4 Å². The molecule has 1 saturated carbocycles. The lowest BCUT2D eigenvalue weighted by atomic mass is 9.94. The van der Waals surface area contributed by atoms with Gasteiger partial charge in [-0.05, 0) is 62.8 Å². The summed E-state index contributed by atoms with van der Waals surface area (Å²) in [5.41, 5.74) is -0.404. The lowest BCUT2D eigenvalue weighted by Gasteiger charge is -2.35. The van der Waals surface area contributed by atoms with Crippen LogP contribution in [0.2, 0.25) is 0 Å². The Bertz CT molecular complexity index is 1110. The van der Waals surface area contributed by atoms with E-state index in [1.54, 1.807) is 12.1 Å². The number of anilines is 1. The highest BCUT2D eigenvalue weighted by Gasteiger charge is 2.51. The van der Waals surface area contributed by atoms with Crippen LogP contribution in [0.15, 0.2) is 36.5 Å². The molecule has 1 aromatic heterocycles. The zero-order valence-corrected chi connectivity index (χ0v) is 19.4. The summed E-state index contributed by atoms with van der Waals surface area (Å²) >= 11 is 0. The van der Waals surface area contributed by atoms with Crippen LogP contribution < -0.4 is 15.5 Å². The molecule has 0 spiro atoms. The number of rotatable bonds is 8. The van der Waals surface area contributed by atoms with Gasteiger partial charge in [-0.2, -0.15) is 4.39 Å². The van der Waals surface area contributed by atoms with Crippen LogP contribution in [0.25, 0.3) is 0 Å². The molecule has 10 heteroatoms. The fourth-order valence-corrected chi connectivity index (χ4v) is 4.35. The van der Waals surface area contributed by atoms with Crippen molar-refractivity contribution < 1.29 is 28.3 Å². The third kappa shape index (κ3) is 5.48. The van der Waals surface area contributed by atoms with Crippen molar-refractivity contribution in [2.24, 2.45) is 5.92 Å². The van der Waals surface area contributed by atoms with E-state index in [1.807, 2.05) is 4.90 Å². The van der Waals surface area contributed by atoms with Gasteiger partial charge in [0.1, 0.15) is 17.5 Å². The molecule has 8 nitrogen and oxygen atoms in total. The Balaban J connectivity index is 1.30. The summed E-state index contributed by atoms with van der Waals surface area (Å²) in [6, 6.07) is 6.84. The van der Waals surface area contributed by atoms with Crippen molar-refractivity contribution in [1.29, 1.82) is 0 Å². The highest BCUT2D eigenvalue weighted by molar-refractivity contribution is 6.04. The fraction of sp³-hybridized carbons (Fsp3) is 0.440. The monoisotopic (exact) mass is 486 g/mol. The van der Waals surface area contributed by atoms with Crippen molar-refractivity contribution >= 4 is 23.3 Å². The van der Waals surface area contributed by atoms with E-state index >= 15 is 0 Å². The second-order valence-electron chi connectivity index (χ2n) is 9.22. The Labute approximate surface area is 201 Å². The van der Waals surface area contributed by atoms with Crippen molar-refractivity contribution in [3.63, 3.8) is 0 Å². The van der Waals surface area contributed by atoms with Crippen LogP contribution in [0, 0.1) is 17.7 Å². The Morgan fingerprint density at radius 2 is 1.89 bits per heavy atom. The van der Waals surface area contributed by atoms with Crippen molar-refractivity contribution in [1.82, 2.24) is 15.6 Å². The van der Waals surface area contributed by atoms with Crippen LogP contribution in [0.1, 0.15) is 53.3 Å². The molecule has 2 aliphatic rings. The molecule has 3 N–H and O–H groups in total. The summed E-state index contributed by atoms with van der Waals surface area (Å²) < 4.78 is 27.4. The molecular weight excluding hydrogens is 458 g/mol. The molecule has 1 saturated heterocycles. The van der Waals surface area contributed by atoms with Crippen LogP contribution in [0.3, 0.4) is 0 Å². The first-order chi connectivity index (χ1) is 16.7. The van der Waals surface area contributed by atoms with Gasteiger partial charge in [0.05, 0.1) is 16.8 Å². The summed E-state index contributed by atoms with van der Waals surface area (Å²) in [6.45, 7) is 2.90. The molecule has 1 aliphatic carbocycles. The van der Waals surface area contributed by atoms with Crippen LogP contribution in [0.5, 0.6) is 0 Å². The SMILES string of the molecule is CC(O)C(=O)c1c(F)cccc1N1CCC(CNC(=O)C2(NC(=O)c3ccc(F)nc3)CC2)CC1. The molecule has 1 atom stereocenters. The lowest BCUT2D eigenvalue weighted by molar-refractivity contribution is -0.124. The van der Waals surface area contributed by atoms with Crippen LogP contribution >= 0.6 is 0 Å². The van der Waals surface area contributed by atoms with Gasteiger partial charge >= 0.3 is 0 Å². The molecule has 2 fully saturated rings. The quantitative estimate of drug-likeness (QED) is 0.390. The number of halogens is 2. The van der Waals surface area contributed by atoms with Gasteiger partial charge in [0.15, 0.2) is 5.78 Å². The molecule has 2 heterocycles. The molecular formula is C25H28F2N4O4.